The van der Waals surface area contributed by atoms with E-state index in [1.807, 2.05) is 25.1 Å². The van der Waals surface area contributed by atoms with Gasteiger partial charge in [0.1, 0.15) is 5.82 Å². The van der Waals surface area contributed by atoms with Gasteiger partial charge in [0, 0.05) is 35.9 Å². The van der Waals surface area contributed by atoms with Crippen LogP contribution in [0.3, 0.4) is 0 Å². The van der Waals surface area contributed by atoms with E-state index in [0.717, 1.165) is 47.5 Å². The van der Waals surface area contributed by atoms with Gasteiger partial charge in [-0.1, -0.05) is 11.6 Å². The molecule has 0 aliphatic carbocycles. The molecule has 3 heterocycles. The number of nitrogens with one attached hydrogen (secondary N) is 2. The summed E-state index contributed by atoms with van der Waals surface area (Å²) in [5, 5.41) is 7.52. The lowest BCUT2D eigenvalue weighted by Crippen LogP contribution is -2.37. The van der Waals surface area contributed by atoms with Gasteiger partial charge in [0.15, 0.2) is 0 Å². The number of morpholine rings is 1. The summed E-state index contributed by atoms with van der Waals surface area (Å²) in [6, 6.07) is 5.76. The van der Waals surface area contributed by atoms with E-state index >= 15 is 0 Å². The smallest absolute Gasteiger partial charge is 0.227 e. The van der Waals surface area contributed by atoms with E-state index in [0.29, 0.717) is 24.8 Å². The predicted octanol–water partition coefficient (Wildman–Crippen LogP) is 2.94. The van der Waals surface area contributed by atoms with Crippen molar-refractivity contribution in [2.24, 2.45) is 0 Å². The van der Waals surface area contributed by atoms with Crippen molar-refractivity contribution in [3.05, 3.63) is 34.5 Å². The summed E-state index contributed by atoms with van der Waals surface area (Å²) in [7, 11) is 0. The number of nitrogens with zero attached hydrogens (tertiary/aromatic N) is 3. The zero-order valence-corrected chi connectivity index (χ0v) is 13.7. The second-order valence-corrected chi connectivity index (χ2v) is 6.14. The van der Waals surface area contributed by atoms with E-state index in [1.165, 1.54) is 0 Å². The van der Waals surface area contributed by atoms with Crippen molar-refractivity contribution in [2.75, 3.05) is 41.8 Å². The molecule has 120 valence electrons. The molecule has 0 amide bonds. The van der Waals surface area contributed by atoms with Crippen molar-refractivity contribution in [1.29, 1.82) is 0 Å². The first-order valence-corrected chi connectivity index (χ1v) is 8.09. The molecule has 1 aromatic carbocycles. The summed E-state index contributed by atoms with van der Waals surface area (Å²) in [5.41, 5.74) is 4.01. The van der Waals surface area contributed by atoms with Crippen LogP contribution in [0.5, 0.6) is 0 Å². The molecule has 6 nitrogen and oxygen atoms in total. The molecule has 0 spiro atoms. The van der Waals surface area contributed by atoms with Crippen LogP contribution in [0.25, 0.3) is 0 Å². The minimum atomic E-state index is 0.687. The summed E-state index contributed by atoms with van der Waals surface area (Å²) in [4.78, 5) is 11.6. The molecule has 1 saturated heterocycles. The van der Waals surface area contributed by atoms with Crippen molar-refractivity contribution in [3.8, 4) is 0 Å². The first-order valence-electron chi connectivity index (χ1n) is 7.71. The molecule has 1 fully saturated rings. The van der Waals surface area contributed by atoms with Crippen LogP contribution in [0, 0.1) is 6.92 Å². The predicted molar refractivity (Wildman–Crippen MR) is 91.9 cm³/mol. The molecule has 7 heteroatoms. The number of aromatic nitrogens is 2. The Balaban J connectivity index is 1.73. The number of hydrogen-bond donors (Lipinski definition) is 2. The molecular formula is C16H18ClN5O. The molecule has 0 atom stereocenters. The fraction of sp³-hybridized carbons (Fsp3) is 0.375. The minimum Gasteiger partial charge on any atom is -0.379 e. The van der Waals surface area contributed by atoms with Gasteiger partial charge in [0.2, 0.25) is 5.95 Å². The van der Waals surface area contributed by atoms with Crippen molar-refractivity contribution < 1.29 is 4.74 Å². The zero-order valence-electron chi connectivity index (χ0n) is 12.9. The van der Waals surface area contributed by atoms with Gasteiger partial charge in [-0.15, -0.1) is 0 Å². The third-order valence-electron chi connectivity index (χ3n) is 4.19. The Hall–Kier alpha value is -2.05. The van der Waals surface area contributed by atoms with Crippen LogP contribution in [0.15, 0.2) is 18.2 Å². The molecule has 1 aromatic heterocycles. The quantitative estimate of drug-likeness (QED) is 0.837. The Morgan fingerprint density at radius 3 is 2.83 bits per heavy atom. The lowest BCUT2D eigenvalue weighted by atomic mass is 10.2. The third kappa shape index (κ3) is 2.80. The summed E-state index contributed by atoms with van der Waals surface area (Å²) in [5.74, 6) is 1.59. The first kappa shape index (κ1) is 14.5. The monoisotopic (exact) mass is 331 g/mol. The Labute approximate surface area is 139 Å². The molecule has 23 heavy (non-hydrogen) atoms. The average molecular weight is 332 g/mol. The van der Waals surface area contributed by atoms with E-state index in [4.69, 9.17) is 21.3 Å². The zero-order chi connectivity index (χ0) is 15.8. The Morgan fingerprint density at radius 1 is 1.17 bits per heavy atom. The molecule has 2 aromatic rings. The lowest BCUT2D eigenvalue weighted by Gasteiger charge is -2.27. The molecule has 4 rings (SSSR count). The largest absolute Gasteiger partial charge is 0.379 e. The summed E-state index contributed by atoms with van der Waals surface area (Å²) >= 11 is 6.12. The molecule has 0 radical (unpaired) electrons. The van der Waals surface area contributed by atoms with E-state index < -0.39 is 0 Å². The Kier molecular flexibility index (Phi) is 3.71. The van der Waals surface area contributed by atoms with E-state index in [2.05, 4.69) is 20.5 Å². The highest BCUT2D eigenvalue weighted by Gasteiger charge is 2.21. The van der Waals surface area contributed by atoms with Crippen molar-refractivity contribution >= 4 is 34.7 Å². The minimum absolute atomic E-state index is 0.687. The number of rotatable bonds is 1. The van der Waals surface area contributed by atoms with E-state index in [-0.39, 0.29) is 0 Å². The fourth-order valence-electron chi connectivity index (χ4n) is 2.89. The molecule has 2 N–H and O–H groups in total. The van der Waals surface area contributed by atoms with E-state index in [9.17, 15) is 0 Å². The standard InChI is InChI=1S/C16H18ClN5O/c1-10-12-9-18-13-3-2-11(17)8-14(13)20-15(12)21-16(19-10)22-4-6-23-7-5-22/h2-3,8,18H,4-7,9H2,1H3,(H,19,20,21). The van der Waals surface area contributed by atoms with Gasteiger partial charge >= 0.3 is 0 Å². The second kappa shape index (κ2) is 5.86. The lowest BCUT2D eigenvalue weighted by molar-refractivity contribution is 0.122. The summed E-state index contributed by atoms with van der Waals surface area (Å²) in [6.45, 7) is 5.78. The topological polar surface area (TPSA) is 62.3 Å². The van der Waals surface area contributed by atoms with Gasteiger partial charge in [-0.3, -0.25) is 0 Å². The maximum absolute atomic E-state index is 6.12. The number of halogens is 1. The summed E-state index contributed by atoms with van der Waals surface area (Å²) in [6.07, 6.45) is 0. The van der Waals surface area contributed by atoms with Crippen LogP contribution in [0.1, 0.15) is 11.3 Å². The number of anilines is 4. The van der Waals surface area contributed by atoms with Crippen LogP contribution in [-0.4, -0.2) is 36.3 Å². The fourth-order valence-corrected chi connectivity index (χ4v) is 3.06. The van der Waals surface area contributed by atoms with Crippen LogP contribution in [0.4, 0.5) is 23.1 Å². The van der Waals surface area contributed by atoms with Gasteiger partial charge in [-0.05, 0) is 25.1 Å². The van der Waals surface area contributed by atoms with Gasteiger partial charge < -0.3 is 20.3 Å². The number of aryl methyl sites for hydroxylation is 1. The molecule has 0 unspecified atom stereocenters. The highest BCUT2D eigenvalue weighted by Crippen LogP contribution is 2.34. The van der Waals surface area contributed by atoms with Crippen molar-refractivity contribution in [2.45, 2.75) is 13.5 Å². The van der Waals surface area contributed by atoms with Crippen LogP contribution >= 0.6 is 11.6 Å². The third-order valence-corrected chi connectivity index (χ3v) is 4.42. The highest BCUT2D eigenvalue weighted by molar-refractivity contribution is 6.31. The van der Waals surface area contributed by atoms with Gasteiger partial charge in [-0.25, -0.2) is 4.98 Å². The van der Waals surface area contributed by atoms with Gasteiger partial charge in [-0.2, -0.15) is 4.98 Å². The van der Waals surface area contributed by atoms with Crippen LogP contribution in [0.2, 0.25) is 5.02 Å². The molecule has 2 aliphatic heterocycles. The number of hydrogen-bond acceptors (Lipinski definition) is 6. The molecule has 0 saturated carbocycles. The molecule has 2 aliphatic rings. The van der Waals surface area contributed by atoms with Crippen molar-refractivity contribution in [1.82, 2.24) is 9.97 Å². The molecule has 0 bridgehead atoms. The maximum atomic E-state index is 6.12. The Morgan fingerprint density at radius 2 is 2.00 bits per heavy atom. The average Bonchev–Trinajstić information content (AvgIpc) is 2.74. The van der Waals surface area contributed by atoms with Gasteiger partial charge in [0.25, 0.3) is 0 Å². The number of ether oxygens (including phenoxy) is 1. The SMILES string of the molecule is Cc1nc(N2CCOCC2)nc2c1CNc1ccc(Cl)cc1N2. The normalized spacial score (nSPS) is 16.7. The number of fused-ring (bicyclic) bond motifs is 2. The van der Waals surface area contributed by atoms with Crippen LogP contribution < -0.4 is 15.5 Å². The van der Waals surface area contributed by atoms with E-state index in [1.54, 1.807) is 0 Å². The van der Waals surface area contributed by atoms with Crippen LogP contribution in [-0.2, 0) is 11.3 Å². The maximum Gasteiger partial charge on any atom is 0.227 e. The first-order chi connectivity index (χ1) is 11.2. The molecular weight excluding hydrogens is 314 g/mol. The summed E-state index contributed by atoms with van der Waals surface area (Å²) < 4.78 is 5.41. The van der Waals surface area contributed by atoms with Gasteiger partial charge in [0.05, 0.1) is 24.6 Å². The number of benzene rings is 1. The Bertz CT molecular complexity index is 745. The highest BCUT2D eigenvalue weighted by atomic mass is 35.5. The van der Waals surface area contributed by atoms with Crippen molar-refractivity contribution in [3.63, 3.8) is 0 Å². The second-order valence-electron chi connectivity index (χ2n) is 5.70.